The largest absolute Gasteiger partial charge is 0.497 e. The number of aromatic nitrogens is 1. The number of nitrogens with zero attached hydrogens (tertiary/aromatic N) is 1. The fourth-order valence-corrected chi connectivity index (χ4v) is 4.70. The SMILES string of the molecule is COc1ccc(S(=O)(=O)c2cn(Cc3ccccc3)c3ccc(F)cc3c2=O)cc1. The van der Waals surface area contributed by atoms with Crippen molar-refractivity contribution < 1.29 is 17.5 Å². The molecular weight excluding hydrogens is 405 g/mol. The summed E-state index contributed by atoms with van der Waals surface area (Å²) in [6, 6.07) is 19.0. The molecule has 0 N–H and O–H groups in total. The van der Waals surface area contributed by atoms with Crippen LogP contribution in [0.15, 0.2) is 93.6 Å². The molecule has 0 radical (unpaired) electrons. The third-order valence-electron chi connectivity index (χ3n) is 4.86. The van der Waals surface area contributed by atoms with Crippen molar-refractivity contribution in [3.8, 4) is 5.75 Å². The molecule has 0 saturated carbocycles. The lowest BCUT2D eigenvalue weighted by atomic mass is 10.1. The molecule has 152 valence electrons. The van der Waals surface area contributed by atoms with E-state index in [1.807, 2.05) is 30.3 Å². The van der Waals surface area contributed by atoms with E-state index in [2.05, 4.69) is 0 Å². The molecule has 0 saturated heterocycles. The van der Waals surface area contributed by atoms with E-state index in [-0.39, 0.29) is 10.3 Å². The maximum absolute atomic E-state index is 13.9. The normalized spacial score (nSPS) is 11.5. The molecule has 0 aliphatic rings. The van der Waals surface area contributed by atoms with Gasteiger partial charge in [-0.25, -0.2) is 12.8 Å². The second-order valence-corrected chi connectivity index (χ2v) is 8.69. The van der Waals surface area contributed by atoms with Crippen molar-refractivity contribution in [2.24, 2.45) is 0 Å². The molecule has 0 aliphatic heterocycles. The minimum absolute atomic E-state index is 0.0144. The van der Waals surface area contributed by atoms with Crippen LogP contribution in [0.1, 0.15) is 5.56 Å². The van der Waals surface area contributed by atoms with Crippen LogP contribution in [0.2, 0.25) is 0 Å². The van der Waals surface area contributed by atoms with Crippen LogP contribution < -0.4 is 10.2 Å². The molecule has 3 aromatic carbocycles. The van der Waals surface area contributed by atoms with E-state index >= 15 is 0 Å². The van der Waals surface area contributed by atoms with Gasteiger partial charge in [-0.15, -0.1) is 0 Å². The molecule has 0 unspecified atom stereocenters. The van der Waals surface area contributed by atoms with E-state index in [1.165, 1.54) is 49.7 Å². The number of pyridine rings is 1. The van der Waals surface area contributed by atoms with Gasteiger partial charge in [-0.3, -0.25) is 4.79 Å². The van der Waals surface area contributed by atoms with Crippen LogP contribution in [-0.4, -0.2) is 20.1 Å². The summed E-state index contributed by atoms with van der Waals surface area (Å²) in [6.07, 6.45) is 1.33. The van der Waals surface area contributed by atoms with Gasteiger partial charge in [-0.1, -0.05) is 30.3 Å². The predicted molar refractivity (Wildman–Crippen MR) is 112 cm³/mol. The first-order valence-electron chi connectivity index (χ1n) is 9.16. The molecular formula is C23H18FNO4S. The molecule has 0 spiro atoms. The lowest BCUT2D eigenvalue weighted by Crippen LogP contribution is -2.20. The number of methoxy groups -OCH3 is 1. The lowest BCUT2D eigenvalue weighted by molar-refractivity contribution is 0.414. The quantitative estimate of drug-likeness (QED) is 0.486. The maximum Gasteiger partial charge on any atom is 0.211 e. The Balaban J connectivity index is 1.95. The molecule has 4 aromatic rings. The number of hydrogen-bond donors (Lipinski definition) is 0. The maximum atomic E-state index is 13.9. The van der Waals surface area contributed by atoms with Crippen LogP contribution in [0.5, 0.6) is 5.75 Å². The molecule has 4 rings (SSSR count). The molecule has 1 heterocycles. The summed E-state index contributed by atoms with van der Waals surface area (Å²) in [6.45, 7) is 0.328. The fraction of sp³-hybridized carbons (Fsp3) is 0.0870. The molecule has 0 amide bonds. The monoisotopic (exact) mass is 423 g/mol. The van der Waals surface area contributed by atoms with Gasteiger partial charge in [0.25, 0.3) is 0 Å². The summed E-state index contributed by atoms with van der Waals surface area (Å²) in [4.78, 5) is 12.6. The first-order chi connectivity index (χ1) is 14.4. The number of hydrogen-bond acceptors (Lipinski definition) is 4. The molecule has 0 aliphatic carbocycles. The Kier molecular flexibility index (Phi) is 5.13. The fourth-order valence-electron chi connectivity index (χ4n) is 3.33. The third-order valence-corrected chi connectivity index (χ3v) is 6.63. The van der Waals surface area contributed by atoms with Gasteiger partial charge in [-0.05, 0) is 48.0 Å². The van der Waals surface area contributed by atoms with Crippen molar-refractivity contribution in [2.45, 2.75) is 16.3 Å². The van der Waals surface area contributed by atoms with E-state index < -0.39 is 26.0 Å². The smallest absolute Gasteiger partial charge is 0.211 e. The van der Waals surface area contributed by atoms with Crippen molar-refractivity contribution in [3.05, 3.63) is 101 Å². The lowest BCUT2D eigenvalue weighted by Gasteiger charge is -2.14. The number of sulfone groups is 1. The average Bonchev–Trinajstić information content (AvgIpc) is 2.76. The summed E-state index contributed by atoms with van der Waals surface area (Å²) in [5.41, 5.74) is 0.642. The Morgan fingerprint density at radius 2 is 1.67 bits per heavy atom. The summed E-state index contributed by atoms with van der Waals surface area (Å²) < 4.78 is 47.1. The highest BCUT2D eigenvalue weighted by Crippen LogP contribution is 2.24. The van der Waals surface area contributed by atoms with Crippen LogP contribution in [0, 0.1) is 5.82 Å². The van der Waals surface area contributed by atoms with E-state index in [0.717, 1.165) is 11.6 Å². The topological polar surface area (TPSA) is 65.4 Å². The molecule has 1 aromatic heterocycles. The van der Waals surface area contributed by atoms with Gasteiger partial charge >= 0.3 is 0 Å². The zero-order valence-electron chi connectivity index (χ0n) is 16.1. The van der Waals surface area contributed by atoms with Crippen LogP contribution in [-0.2, 0) is 16.4 Å². The molecule has 30 heavy (non-hydrogen) atoms. The number of ether oxygens (including phenoxy) is 1. The van der Waals surface area contributed by atoms with Crippen LogP contribution in [0.4, 0.5) is 4.39 Å². The highest BCUT2D eigenvalue weighted by atomic mass is 32.2. The van der Waals surface area contributed by atoms with E-state index in [1.54, 1.807) is 4.57 Å². The first kappa shape index (κ1) is 19.8. The third kappa shape index (κ3) is 3.59. The number of fused-ring (bicyclic) bond motifs is 1. The summed E-state index contributed by atoms with van der Waals surface area (Å²) in [5.74, 6) is -0.110. The van der Waals surface area contributed by atoms with Crippen LogP contribution >= 0.6 is 0 Å². The van der Waals surface area contributed by atoms with Crippen molar-refractivity contribution in [1.82, 2.24) is 4.57 Å². The Bertz CT molecular complexity index is 1380. The van der Waals surface area contributed by atoms with Crippen molar-refractivity contribution in [3.63, 3.8) is 0 Å². The summed E-state index contributed by atoms with van der Waals surface area (Å²) >= 11 is 0. The summed E-state index contributed by atoms with van der Waals surface area (Å²) in [7, 11) is -2.65. The molecule has 5 nitrogen and oxygen atoms in total. The van der Waals surface area contributed by atoms with Gasteiger partial charge in [0.05, 0.1) is 17.5 Å². The predicted octanol–water partition coefficient (Wildman–Crippen LogP) is 4.03. The van der Waals surface area contributed by atoms with Crippen molar-refractivity contribution in [1.29, 1.82) is 0 Å². The molecule has 0 bridgehead atoms. The van der Waals surface area contributed by atoms with Gasteiger partial charge in [-0.2, -0.15) is 0 Å². The second kappa shape index (κ2) is 7.76. The van der Waals surface area contributed by atoms with Crippen LogP contribution in [0.3, 0.4) is 0 Å². The average molecular weight is 423 g/mol. The molecule has 0 fully saturated rings. The Morgan fingerprint density at radius 1 is 0.967 bits per heavy atom. The molecule has 0 atom stereocenters. The number of halogens is 1. The van der Waals surface area contributed by atoms with E-state index in [9.17, 15) is 17.6 Å². The highest BCUT2D eigenvalue weighted by molar-refractivity contribution is 7.91. The van der Waals surface area contributed by atoms with Gasteiger partial charge in [0.1, 0.15) is 16.5 Å². The Labute approximate surface area is 172 Å². The minimum Gasteiger partial charge on any atom is -0.497 e. The van der Waals surface area contributed by atoms with E-state index in [4.69, 9.17) is 4.74 Å². The highest BCUT2D eigenvalue weighted by Gasteiger charge is 2.24. The van der Waals surface area contributed by atoms with Gasteiger partial charge < -0.3 is 9.30 Å². The Hall–Kier alpha value is -3.45. The number of rotatable bonds is 5. The van der Waals surface area contributed by atoms with Crippen molar-refractivity contribution >= 4 is 20.7 Å². The van der Waals surface area contributed by atoms with Gasteiger partial charge in [0, 0.05) is 18.1 Å². The van der Waals surface area contributed by atoms with Crippen molar-refractivity contribution in [2.75, 3.05) is 7.11 Å². The Morgan fingerprint density at radius 3 is 2.33 bits per heavy atom. The summed E-state index contributed by atoms with van der Waals surface area (Å²) in [5, 5.41) is 0.0144. The second-order valence-electron chi connectivity index (χ2n) is 6.78. The zero-order valence-corrected chi connectivity index (χ0v) is 16.9. The molecule has 7 heteroatoms. The van der Waals surface area contributed by atoms with Gasteiger partial charge in [0.2, 0.25) is 15.3 Å². The van der Waals surface area contributed by atoms with Crippen LogP contribution in [0.25, 0.3) is 10.9 Å². The number of benzene rings is 3. The standard InChI is InChI=1S/C23H18FNO4S/c1-29-18-8-10-19(11-9-18)30(27,28)22-15-25(14-16-5-3-2-4-6-16)21-12-7-17(24)13-20(21)23(22)26/h2-13,15H,14H2,1H3. The van der Waals surface area contributed by atoms with Gasteiger partial charge in [0.15, 0.2) is 0 Å². The minimum atomic E-state index is -4.13. The first-order valence-corrected chi connectivity index (χ1v) is 10.6. The zero-order chi connectivity index (χ0) is 21.3. The van der Waals surface area contributed by atoms with E-state index in [0.29, 0.717) is 17.8 Å².